The van der Waals surface area contributed by atoms with E-state index < -0.39 is 5.54 Å². The number of alkyl halides is 1. The number of hydrogen-bond donors (Lipinski definition) is 2. The minimum atomic E-state index is -0.462. The fraction of sp³-hybridized carbons (Fsp3) is 0.619. The van der Waals surface area contributed by atoms with Crippen LogP contribution in [0.3, 0.4) is 0 Å². The first-order valence-electron chi connectivity index (χ1n) is 9.91. The SMILES string of the molecule is O=C(CCl)NC1(CNC(=O)[C@@H]2CCCC[C@@H]2c2ccccc2)CCOCC1. The Kier molecular flexibility index (Phi) is 7.13. The number of nitrogens with one attached hydrogen (secondary N) is 2. The first-order chi connectivity index (χ1) is 13.1. The van der Waals surface area contributed by atoms with Crippen LogP contribution in [0.5, 0.6) is 0 Å². The van der Waals surface area contributed by atoms with E-state index in [1.54, 1.807) is 0 Å². The van der Waals surface area contributed by atoms with Crippen LogP contribution in [0.1, 0.15) is 50.0 Å². The lowest BCUT2D eigenvalue weighted by atomic mass is 9.75. The van der Waals surface area contributed by atoms with Gasteiger partial charge in [-0.05, 0) is 37.2 Å². The van der Waals surface area contributed by atoms with Crippen molar-refractivity contribution in [3.05, 3.63) is 35.9 Å². The molecule has 0 bridgehead atoms. The average Bonchev–Trinajstić information content (AvgIpc) is 2.73. The fourth-order valence-corrected chi connectivity index (χ4v) is 4.44. The van der Waals surface area contributed by atoms with E-state index in [0.717, 1.165) is 25.7 Å². The Morgan fingerprint density at radius 1 is 1.11 bits per heavy atom. The fourth-order valence-electron chi connectivity index (χ4n) is 4.37. The maximum Gasteiger partial charge on any atom is 0.235 e. The molecule has 0 aromatic heterocycles. The lowest BCUT2D eigenvalue weighted by molar-refractivity contribution is -0.128. The van der Waals surface area contributed by atoms with E-state index in [2.05, 4.69) is 22.8 Å². The molecule has 5 nitrogen and oxygen atoms in total. The number of amides is 2. The van der Waals surface area contributed by atoms with Crippen LogP contribution < -0.4 is 10.6 Å². The molecule has 1 heterocycles. The second-order valence-electron chi connectivity index (χ2n) is 7.70. The molecule has 1 aliphatic carbocycles. The van der Waals surface area contributed by atoms with Gasteiger partial charge in [0.15, 0.2) is 0 Å². The van der Waals surface area contributed by atoms with Crippen molar-refractivity contribution in [1.82, 2.24) is 10.6 Å². The summed E-state index contributed by atoms with van der Waals surface area (Å²) in [5.41, 5.74) is 0.783. The molecule has 1 saturated carbocycles. The molecule has 1 saturated heterocycles. The molecule has 0 radical (unpaired) electrons. The molecule has 3 rings (SSSR count). The zero-order valence-electron chi connectivity index (χ0n) is 15.7. The minimum Gasteiger partial charge on any atom is -0.381 e. The minimum absolute atomic E-state index is 0.0123. The summed E-state index contributed by atoms with van der Waals surface area (Å²) < 4.78 is 5.44. The summed E-state index contributed by atoms with van der Waals surface area (Å²) in [4.78, 5) is 24.9. The average molecular weight is 393 g/mol. The zero-order valence-corrected chi connectivity index (χ0v) is 16.5. The summed E-state index contributed by atoms with van der Waals surface area (Å²) in [6.45, 7) is 1.58. The van der Waals surface area contributed by atoms with Crippen LogP contribution in [-0.2, 0) is 14.3 Å². The maximum atomic E-state index is 13.0. The van der Waals surface area contributed by atoms with Crippen molar-refractivity contribution in [2.45, 2.75) is 50.0 Å². The lowest BCUT2D eigenvalue weighted by Gasteiger charge is -2.39. The van der Waals surface area contributed by atoms with Crippen molar-refractivity contribution in [2.75, 3.05) is 25.6 Å². The van der Waals surface area contributed by atoms with Gasteiger partial charge in [-0.3, -0.25) is 9.59 Å². The molecule has 2 aliphatic rings. The van der Waals surface area contributed by atoms with Gasteiger partial charge in [0.1, 0.15) is 5.88 Å². The van der Waals surface area contributed by atoms with E-state index in [4.69, 9.17) is 16.3 Å². The van der Waals surface area contributed by atoms with E-state index in [9.17, 15) is 9.59 Å². The van der Waals surface area contributed by atoms with Gasteiger partial charge in [-0.1, -0.05) is 43.2 Å². The number of ether oxygens (including phenoxy) is 1. The molecular formula is C21H29ClN2O3. The van der Waals surface area contributed by atoms with Gasteiger partial charge < -0.3 is 15.4 Å². The maximum absolute atomic E-state index is 13.0. The standard InChI is InChI=1S/C21H29ClN2O3/c22-14-19(25)24-21(10-12-27-13-11-21)15-23-20(26)18-9-5-4-8-17(18)16-6-2-1-3-7-16/h1-3,6-7,17-18H,4-5,8-15H2,(H,23,26)(H,24,25)/t17-,18-/m1/s1. The van der Waals surface area contributed by atoms with E-state index in [-0.39, 0.29) is 29.5 Å². The second kappa shape index (κ2) is 9.56. The van der Waals surface area contributed by atoms with Gasteiger partial charge in [0.2, 0.25) is 11.8 Å². The number of carbonyl (C=O) groups excluding carboxylic acids is 2. The zero-order chi connectivity index (χ0) is 19.1. The van der Waals surface area contributed by atoms with Gasteiger partial charge in [-0.2, -0.15) is 0 Å². The topological polar surface area (TPSA) is 67.4 Å². The quantitative estimate of drug-likeness (QED) is 0.731. The Hall–Kier alpha value is -1.59. The number of rotatable bonds is 6. The van der Waals surface area contributed by atoms with E-state index in [0.29, 0.717) is 32.6 Å². The van der Waals surface area contributed by atoms with Crippen molar-refractivity contribution < 1.29 is 14.3 Å². The molecule has 2 N–H and O–H groups in total. The number of carbonyl (C=O) groups is 2. The largest absolute Gasteiger partial charge is 0.381 e. The van der Waals surface area contributed by atoms with Crippen LogP contribution in [0, 0.1) is 5.92 Å². The summed E-state index contributed by atoms with van der Waals surface area (Å²) in [6.07, 6.45) is 5.57. The van der Waals surface area contributed by atoms with E-state index in [1.165, 1.54) is 5.56 Å². The second-order valence-corrected chi connectivity index (χ2v) is 7.97. The molecule has 2 amide bonds. The molecular weight excluding hydrogens is 364 g/mol. The Bertz CT molecular complexity index is 632. The van der Waals surface area contributed by atoms with Crippen molar-refractivity contribution in [2.24, 2.45) is 5.92 Å². The van der Waals surface area contributed by atoms with Crippen molar-refractivity contribution in [3.8, 4) is 0 Å². The Balaban J connectivity index is 1.66. The third-order valence-electron chi connectivity index (χ3n) is 5.91. The van der Waals surface area contributed by atoms with Gasteiger partial charge in [-0.15, -0.1) is 11.6 Å². The predicted molar refractivity (Wildman–Crippen MR) is 106 cm³/mol. The van der Waals surface area contributed by atoms with Gasteiger partial charge in [0.25, 0.3) is 0 Å². The van der Waals surface area contributed by atoms with Crippen molar-refractivity contribution >= 4 is 23.4 Å². The monoisotopic (exact) mass is 392 g/mol. The lowest BCUT2D eigenvalue weighted by Crippen LogP contribution is -2.59. The molecule has 6 heteroatoms. The normalized spacial score (nSPS) is 24.8. The molecule has 1 aromatic carbocycles. The van der Waals surface area contributed by atoms with Crippen LogP contribution in [-0.4, -0.2) is 43.0 Å². The summed E-state index contributed by atoms with van der Waals surface area (Å²) in [5, 5.41) is 6.16. The third-order valence-corrected chi connectivity index (χ3v) is 6.15. The molecule has 27 heavy (non-hydrogen) atoms. The Morgan fingerprint density at radius 3 is 2.52 bits per heavy atom. The molecule has 2 fully saturated rings. The highest BCUT2D eigenvalue weighted by Gasteiger charge is 2.37. The van der Waals surface area contributed by atoms with E-state index >= 15 is 0 Å². The Labute approximate surface area is 166 Å². The highest BCUT2D eigenvalue weighted by Crippen LogP contribution is 2.38. The Morgan fingerprint density at radius 2 is 1.81 bits per heavy atom. The summed E-state index contributed by atoms with van der Waals surface area (Å²) in [6, 6.07) is 10.3. The number of halogens is 1. The molecule has 0 unspecified atom stereocenters. The number of benzene rings is 1. The predicted octanol–water partition coefficient (Wildman–Crippen LogP) is 2.98. The molecule has 148 valence electrons. The smallest absolute Gasteiger partial charge is 0.235 e. The van der Waals surface area contributed by atoms with Crippen molar-refractivity contribution in [3.63, 3.8) is 0 Å². The highest BCUT2D eigenvalue weighted by molar-refractivity contribution is 6.27. The summed E-state index contributed by atoms with van der Waals surface area (Å²) >= 11 is 5.67. The van der Waals surface area contributed by atoms with Gasteiger partial charge in [0.05, 0.1) is 5.54 Å². The van der Waals surface area contributed by atoms with Gasteiger partial charge in [-0.25, -0.2) is 0 Å². The first kappa shape index (κ1) is 20.2. The van der Waals surface area contributed by atoms with Gasteiger partial charge >= 0.3 is 0 Å². The van der Waals surface area contributed by atoms with Crippen LogP contribution in [0.4, 0.5) is 0 Å². The van der Waals surface area contributed by atoms with Crippen LogP contribution in [0.25, 0.3) is 0 Å². The molecule has 1 aromatic rings. The van der Waals surface area contributed by atoms with Crippen LogP contribution in [0.15, 0.2) is 30.3 Å². The van der Waals surface area contributed by atoms with E-state index in [1.807, 2.05) is 18.2 Å². The summed E-state index contributed by atoms with van der Waals surface area (Å²) in [5.74, 6) is 0.0712. The molecule has 1 aliphatic heterocycles. The van der Waals surface area contributed by atoms with Crippen LogP contribution >= 0.6 is 11.6 Å². The summed E-state index contributed by atoms with van der Waals surface area (Å²) in [7, 11) is 0. The molecule has 0 spiro atoms. The molecule has 2 atom stereocenters. The first-order valence-corrected chi connectivity index (χ1v) is 10.4. The van der Waals surface area contributed by atoms with Crippen LogP contribution in [0.2, 0.25) is 0 Å². The number of hydrogen-bond acceptors (Lipinski definition) is 3. The highest BCUT2D eigenvalue weighted by atomic mass is 35.5. The van der Waals surface area contributed by atoms with Gasteiger partial charge in [0, 0.05) is 25.7 Å². The van der Waals surface area contributed by atoms with Crippen molar-refractivity contribution in [1.29, 1.82) is 0 Å². The third kappa shape index (κ3) is 5.23.